The van der Waals surface area contributed by atoms with Gasteiger partial charge in [0.2, 0.25) is 5.91 Å². The minimum Gasteiger partial charge on any atom is -0.388 e. The molecule has 19 heavy (non-hydrogen) atoms. The summed E-state index contributed by atoms with van der Waals surface area (Å²) in [7, 11) is -3.39. The molecule has 1 aliphatic rings. The summed E-state index contributed by atoms with van der Waals surface area (Å²) in [5, 5.41) is 11.9. The van der Waals surface area contributed by atoms with Crippen molar-refractivity contribution < 1.29 is 18.3 Å². The van der Waals surface area contributed by atoms with Gasteiger partial charge in [-0.05, 0) is 38.0 Å². The van der Waals surface area contributed by atoms with E-state index >= 15 is 0 Å². The first kappa shape index (κ1) is 16.4. The largest absolute Gasteiger partial charge is 0.388 e. The van der Waals surface area contributed by atoms with Gasteiger partial charge in [-0.2, -0.15) is 0 Å². The molecule has 1 saturated carbocycles. The topological polar surface area (TPSA) is 83.5 Å². The fourth-order valence-electron chi connectivity index (χ4n) is 2.16. The van der Waals surface area contributed by atoms with E-state index < -0.39 is 26.6 Å². The molecule has 0 bridgehead atoms. The molecule has 1 rings (SSSR count). The van der Waals surface area contributed by atoms with Crippen LogP contribution in [0.2, 0.25) is 0 Å². The second kappa shape index (κ2) is 5.40. The Labute approximate surface area is 115 Å². The third-order valence-electron chi connectivity index (χ3n) is 4.14. The minimum atomic E-state index is -3.39. The number of hydrogen-bond donors (Lipinski definition) is 2. The number of aliphatic hydroxyl groups is 1. The highest BCUT2D eigenvalue weighted by Gasteiger charge is 2.37. The van der Waals surface area contributed by atoms with Crippen LogP contribution in [0.1, 0.15) is 46.5 Å². The number of rotatable bonds is 4. The van der Waals surface area contributed by atoms with Crippen molar-refractivity contribution in [3.63, 3.8) is 0 Å². The Kier molecular flexibility index (Phi) is 4.67. The SMILES string of the molecule is CC(C(=O)NCC1(O)CCC(C)(C)CC1)S(C)(=O)=O. The Morgan fingerprint density at radius 2 is 1.74 bits per heavy atom. The van der Waals surface area contributed by atoms with Crippen LogP contribution in [0.15, 0.2) is 0 Å². The first-order chi connectivity index (χ1) is 8.45. The predicted octanol–water partition coefficient (Wildman–Crippen LogP) is 0.867. The molecule has 1 amide bonds. The molecular weight excluding hydrogens is 266 g/mol. The van der Waals surface area contributed by atoms with Crippen LogP contribution in [0, 0.1) is 5.41 Å². The number of carbonyl (C=O) groups is 1. The molecule has 0 aromatic heterocycles. The molecule has 112 valence electrons. The van der Waals surface area contributed by atoms with E-state index in [2.05, 4.69) is 19.2 Å². The molecule has 1 fully saturated rings. The van der Waals surface area contributed by atoms with Crippen molar-refractivity contribution in [2.75, 3.05) is 12.8 Å². The van der Waals surface area contributed by atoms with Gasteiger partial charge in [-0.15, -0.1) is 0 Å². The summed E-state index contributed by atoms with van der Waals surface area (Å²) < 4.78 is 22.5. The van der Waals surface area contributed by atoms with Crippen LogP contribution in [0.25, 0.3) is 0 Å². The van der Waals surface area contributed by atoms with Crippen LogP contribution in [-0.2, 0) is 14.6 Å². The van der Waals surface area contributed by atoms with Crippen molar-refractivity contribution in [1.82, 2.24) is 5.32 Å². The highest BCUT2D eigenvalue weighted by Crippen LogP contribution is 2.39. The number of sulfone groups is 1. The summed E-state index contributed by atoms with van der Waals surface area (Å²) in [6.07, 6.45) is 4.11. The molecule has 0 heterocycles. The van der Waals surface area contributed by atoms with E-state index in [4.69, 9.17) is 0 Å². The Balaban J connectivity index is 2.51. The lowest BCUT2D eigenvalue weighted by atomic mass is 9.71. The van der Waals surface area contributed by atoms with Gasteiger partial charge in [0.05, 0.1) is 5.60 Å². The Morgan fingerprint density at radius 1 is 1.26 bits per heavy atom. The smallest absolute Gasteiger partial charge is 0.238 e. The van der Waals surface area contributed by atoms with Crippen LogP contribution in [0.3, 0.4) is 0 Å². The molecule has 5 nitrogen and oxygen atoms in total. The van der Waals surface area contributed by atoms with Gasteiger partial charge in [-0.1, -0.05) is 13.8 Å². The van der Waals surface area contributed by atoms with Crippen LogP contribution in [0.4, 0.5) is 0 Å². The highest BCUT2D eigenvalue weighted by molar-refractivity contribution is 7.92. The first-order valence-corrected chi connectivity index (χ1v) is 8.60. The van der Waals surface area contributed by atoms with Gasteiger partial charge in [-0.25, -0.2) is 8.42 Å². The summed E-state index contributed by atoms with van der Waals surface area (Å²) in [6, 6.07) is 0. The van der Waals surface area contributed by atoms with Gasteiger partial charge in [-0.3, -0.25) is 4.79 Å². The minimum absolute atomic E-state index is 0.127. The monoisotopic (exact) mass is 291 g/mol. The van der Waals surface area contributed by atoms with Gasteiger partial charge in [0.1, 0.15) is 5.25 Å². The maximum absolute atomic E-state index is 11.7. The van der Waals surface area contributed by atoms with Crippen LogP contribution < -0.4 is 5.32 Å². The van der Waals surface area contributed by atoms with Crippen LogP contribution in [-0.4, -0.2) is 43.1 Å². The third kappa shape index (κ3) is 4.76. The van der Waals surface area contributed by atoms with Crippen molar-refractivity contribution in [3.8, 4) is 0 Å². The highest BCUT2D eigenvalue weighted by atomic mass is 32.2. The second-order valence-electron chi connectivity index (χ2n) is 6.58. The van der Waals surface area contributed by atoms with Gasteiger partial charge >= 0.3 is 0 Å². The van der Waals surface area contributed by atoms with Crippen molar-refractivity contribution in [1.29, 1.82) is 0 Å². The Hall–Kier alpha value is -0.620. The first-order valence-electron chi connectivity index (χ1n) is 6.64. The normalized spacial score (nSPS) is 23.6. The van der Waals surface area contributed by atoms with E-state index in [-0.39, 0.29) is 12.0 Å². The van der Waals surface area contributed by atoms with E-state index in [1.807, 2.05) is 0 Å². The maximum atomic E-state index is 11.7. The Bertz CT molecular complexity index is 432. The molecule has 0 spiro atoms. The van der Waals surface area contributed by atoms with E-state index in [9.17, 15) is 18.3 Å². The van der Waals surface area contributed by atoms with E-state index in [0.717, 1.165) is 19.1 Å². The average molecular weight is 291 g/mol. The quantitative estimate of drug-likeness (QED) is 0.805. The molecule has 0 aromatic carbocycles. The zero-order chi connectivity index (χ0) is 14.9. The third-order valence-corrected chi connectivity index (χ3v) is 5.64. The molecule has 0 aliphatic heterocycles. The molecule has 6 heteroatoms. The number of carbonyl (C=O) groups excluding carboxylic acids is 1. The van der Waals surface area contributed by atoms with E-state index in [0.29, 0.717) is 12.8 Å². The van der Waals surface area contributed by atoms with Gasteiger partial charge in [0.15, 0.2) is 9.84 Å². The summed E-state index contributed by atoms with van der Waals surface area (Å²) in [4.78, 5) is 11.7. The van der Waals surface area contributed by atoms with Crippen LogP contribution >= 0.6 is 0 Å². The van der Waals surface area contributed by atoms with Crippen molar-refractivity contribution >= 4 is 15.7 Å². The molecule has 0 saturated heterocycles. The summed E-state index contributed by atoms with van der Waals surface area (Å²) in [5.74, 6) is -0.541. The van der Waals surface area contributed by atoms with Gasteiger partial charge < -0.3 is 10.4 Å². The zero-order valence-electron chi connectivity index (χ0n) is 12.2. The molecule has 2 N–H and O–H groups in total. The van der Waals surface area contributed by atoms with Crippen molar-refractivity contribution in [2.24, 2.45) is 5.41 Å². The van der Waals surface area contributed by atoms with Crippen molar-refractivity contribution in [3.05, 3.63) is 0 Å². The predicted molar refractivity (Wildman–Crippen MR) is 74.5 cm³/mol. The van der Waals surface area contributed by atoms with Gasteiger partial charge in [0, 0.05) is 12.8 Å². The standard InChI is InChI=1S/C13H25NO4S/c1-10(19(4,17)18)11(15)14-9-13(16)7-5-12(2,3)6-8-13/h10,16H,5-9H2,1-4H3,(H,14,15). The number of amides is 1. The molecule has 1 atom stereocenters. The summed E-state index contributed by atoms with van der Waals surface area (Å²) in [5.41, 5.74) is -0.668. The lowest BCUT2D eigenvalue weighted by molar-refractivity contribution is -0.122. The van der Waals surface area contributed by atoms with Crippen LogP contribution in [0.5, 0.6) is 0 Å². The average Bonchev–Trinajstić information content (AvgIpc) is 2.29. The lowest BCUT2D eigenvalue weighted by Gasteiger charge is -2.40. The number of nitrogens with one attached hydrogen (secondary N) is 1. The molecule has 0 aromatic rings. The summed E-state index contributed by atoms with van der Waals surface area (Å²) in [6.45, 7) is 5.81. The van der Waals surface area contributed by atoms with E-state index in [1.54, 1.807) is 0 Å². The molecule has 1 unspecified atom stereocenters. The fourth-order valence-corrected chi connectivity index (χ4v) is 2.63. The van der Waals surface area contributed by atoms with Gasteiger partial charge in [0.25, 0.3) is 0 Å². The fraction of sp³-hybridized carbons (Fsp3) is 0.923. The van der Waals surface area contributed by atoms with Crippen molar-refractivity contribution in [2.45, 2.75) is 57.3 Å². The molecular formula is C13H25NO4S. The van der Waals surface area contributed by atoms with E-state index in [1.165, 1.54) is 6.92 Å². The summed E-state index contributed by atoms with van der Waals surface area (Å²) >= 11 is 0. The molecule has 0 radical (unpaired) electrons. The zero-order valence-corrected chi connectivity index (χ0v) is 13.0. The molecule has 1 aliphatic carbocycles. The Morgan fingerprint density at radius 3 is 2.16 bits per heavy atom. The lowest BCUT2D eigenvalue weighted by Crippen LogP contribution is -2.49. The number of hydrogen-bond acceptors (Lipinski definition) is 4. The maximum Gasteiger partial charge on any atom is 0.238 e. The second-order valence-corrected chi connectivity index (χ2v) is 8.94.